The Morgan fingerprint density at radius 3 is 2.64 bits per heavy atom. The Kier molecular flexibility index (Phi) is 4.50. The summed E-state index contributed by atoms with van der Waals surface area (Å²) in [7, 11) is 1.56. The molecule has 0 bridgehead atoms. The van der Waals surface area contributed by atoms with Crippen molar-refractivity contribution in [2.75, 3.05) is 7.11 Å². The van der Waals surface area contributed by atoms with E-state index in [4.69, 9.17) is 14.3 Å². The summed E-state index contributed by atoms with van der Waals surface area (Å²) < 4.78 is 10.3. The number of amides is 1. The van der Waals surface area contributed by atoms with Crippen LogP contribution in [0.25, 0.3) is 0 Å². The number of benzene rings is 1. The summed E-state index contributed by atoms with van der Waals surface area (Å²) in [5, 5.41) is 11.6. The van der Waals surface area contributed by atoms with Crippen molar-refractivity contribution in [3.05, 3.63) is 53.0 Å². The minimum Gasteiger partial charge on any atom is -0.496 e. The maximum atomic E-state index is 12.1. The van der Waals surface area contributed by atoms with Crippen molar-refractivity contribution in [2.24, 2.45) is 0 Å². The van der Waals surface area contributed by atoms with Crippen LogP contribution in [0.5, 0.6) is 5.75 Å². The van der Waals surface area contributed by atoms with Crippen molar-refractivity contribution in [3.63, 3.8) is 0 Å². The Morgan fingerprint density at radius 2 is 2.05 bits per heavy atom. The van der Waals surface area contributed by atoms with Crippen molar-refractivity contribution < 1.29 is 23.8 Å². The number of ether oxygens (including phenoxy) is 1. The van der Waals surface area contributed by atoms with E-state index in [0.29, 0.717) is 5.75 Å². The number of furan rings is 1. The summed E-state index contributed by atoms with van der Waals surface area (Å²) in [6.07, 6.45) is 1.04. The van der Waals surface area contributed by atoms with E-state index in [1.165, 1.54) is 6.07 Å². The number of nitrogens with one attached hydrogen (secondary N) is 1. The molecular formula is C16H17NO5. The highest BCUT2D eigenvalue weighted by molar-refractivity contribution is 5.95. The number of hydrogen-bond acceptors (Lipinski definition) is 4. The second-order valence-corrected chi connectivity index (χ2v) is 4.95. The smallest absolute Gasteiger partial charge is 0.338 e. The zero-order valence-electron chi connectivity index (χ0n) is 12.5. The van der Waals surface area contributed by atoms with Crippen molar-refractivity contribution in [1.29, 1.82) is 0 Å². The normalized spacial score (nSPS) is 11.8. The summed E-state index contributed by atoms with van der Waals surface area (Å²) in [6, 6.07) is 6.55. The number of aromatic carboxylic acids is 1. The summed E-state index contributed by atoms with van der Waals surface area (Å²) in [5.41, 5.74) is 1.81. The maximum Gasteiger partial charge on any atom is 0.338 e. The largest absolute Gasteiger partial charge is 0.496 e. The van der Waals surface area contributed by atoms with Crippen molar-refractivity contribution in [2.45, 2.75) is 19.9 Å². The van der Waals surface area contributed by atoms with Crippen LogP contribution in [-0.2, 0) is 0 Å². The molecule has 2 rings (SSSR count). The van der Waals surface area contributed by atoms with Crippen LogP contribution < -0.4 is 10.1 Å². The third-order valence-electron chi connectivity index (χ3n) is 3.27. The molecule has 0 saturated carbocycles. The van der Waals surface area contributed by atoms with Crippen LogP contribution in [0.4, 0.5) is 0 Å². The van der Waals surface area contributed by atoms with Gasteiger partial charge in [0.15, 0.2) is 5.76 Å². The first-order valence-electron chi connectivity index (χ1n) is 6.69. The van der Waals surface area contributed by atoms with Gasteiger partial charge in [0, 0.05) is 11.6 Å². The van der Waals surface area contributed by atoms with Gasteiger partial charge >= 0.3 is 5.97 Å². The molecule has 1 aromatic carbocycles. The molecule has 0 spiro atoms. The Labute approximate surface area is 127 Å². The molecule has 1 aromatic heterocycles. The van der Waals surface area contributed by atoms with Gasteiger partial charge in [-0.3, -0.25) is 4.79 Å². The number of carbonyl (C=O) groups is 2. The average molecular weight is 303 g/mol. The minimum atomic E-state index is -1.14. The Balaban J connectivity index is 2.17. The Morgan fingerprint density at radius 1 is 1.32 bits per heavy atom. The van der Waals surface area contributed by atoms with Crippen LogP contribution in [0.15, 0.2) is 34.9 Å². The van der Waals surface area contributed by atoms with Crippen molar-refractivity contribution in [1.82, 2.24) is 5.32 Å². The van der Waals surface area contributed by atoms with Crippen LogP contribution in [-0.4, -0.2) is 24.1 Å². The molecule has 22 heavy (non-hydrogen) atoms. The van der Waals surface area contributed by atoms with Crippen molar-refractivity contribution >= 4 is 11.9 Å². The van der Waals surface area contributed by atoms with Gasteiger partial charge in [-0.25, -0.2) is 4.79 Å². The fraction of sp³-hybridized carbons (Fsp3) is 0.250. The number of carbonyl (C=O) groups excluding carboxylic acids is 1. The van der Waals surface area contributed by atoms with E-state index < -0.39 is 11.9 Å². The first kappa shape index (κ1) is 15.6. The van der Waals surface area contributed by atoms with E-state index in [0.717, 1.165) is 17.4 Å². The molecule has 1 heterocycles. The fourth-order valence-corrected chi connectivity index (χ4v) is 2.11. The summed E-state index contributed by atoms with van der Waals surface area (Å²) in [6.45, 7) is 3.76. The molecule has 0 saturated heterocycles. The van der Waals surface area contributed by atoms with Gasteiger partial charge in [-0.15, -0.1) is 0 Å². The lowest BCUT2D eigenvalue weighted by molar-refractivity contribution is 0.0695. The molecule has 116 valence electrons. The van der Waals surface area contributed by atoms with Gasteiger partial charge in [-0.05, 0) is 19.9 Å². The fourth-order valence-electron chi connectivity index (χ4n) is 2.11. The lowest BCUT2D eigenvalue weighted by Gasteiger charge is -2.17. The van der Waals surface area contributed by atoms with E-state index >= 15 is 0 Å². The quantitative estimate of drug-likeness (QED) is 0.886. The number of carboxylic acids is 1. The first-order chi connectivity index (χ1) is 10.4. The molecule has 1 unspecified atom stereocenters. The third-order valence-corrected chi connectivity index (χ3v) is 3.27. The van der Waals surface area contributed by atoms with Gasteiger partial charge in [0.05, 0.1) is 18.7 Å². The highest BCUT2D eigenvalue weighted by Gasteiger charge is 2.19. The highest BCUT2D eigenvalue weighted by Crippen LogP contribution is 2.26. The number of carboxylic acid groups (broad SMARTS) is 1. The predicted molar refractivity (Wildman–Crippen MR) is 79.3 cm³/mol. The molecule has 0 aliphatic heterocycles. The summed E-state index contributed by atoms with van der Waals surface area (Å²) >= 11 is 0. The van der Waals surface area contributed by atoms with Gasteiger partial charge in [-0.1, -0.05) is 17.7 Å². The van der Waals surface area contributed by atoms with Crippen LogP contribution in [0.3, 0.4) is 0 Å². The average Bonchev–Trinajstić information content (AvgIpc) is 2.97. The molecule has 6 nitrogen and oxygen atoms in total. The maximum absolute atomic E-state index is 12.1. The second kappa shape index (κ2) is 6.34. The SMILES string of the molecule is COc1ccc(C)cc1C(C)NC(=O)c1cc(C(=O)O)co1. The summed E-state index contributed by atoms with van der Waals surface area (Å²) in [4.78, 5) is 22.9. The van der Waals surface area contributed by atoms with Gasteiger partial charge in [0.25, 0.3) is 5.91 Å². The third kappa shape index (κ3) is 3.28. The number of rotatable bonds is 5. The molecule has 0 fully saturated rings. The van der Waals surface area contributed by atoms with Crippen LogP contribution in [0.1, 0.15) is 45.0 Å². The van der Waals surface area contributed by atoms with Crippen molar-refractivity contribution in [3.8, 4) is 5.75 Å². The molecule has 0 aliphatic carbocycles. The van der Waals surface area contributed by atoms with Crippen LogP contribution >= 0.6 is 0 Å². The van der Waals surface area contributed by atoms with Gasteiger partial charge in [-0.2, -0.15) is 0 Å². The second-order valence-electron chi connectivity index (χ2n) is 4.95. The molecule has 6 heteroatoms. The lowest BCUT2D eigenvalue weighted by Crippen LogP contribution is -2.26. The van der Waals surface area contributed by atoms with E-state index in [1.54, 1.807) is 7.11 Å². The summed E-state index contributed by atoms with van der Waals surface area (Å²) in [5.74, 6) is -1.00. The molecular weight excluding hydrogens is 286 g/mol. The minimum absolute atomic E-state index is 0.0455. The molecule has 1 amide bonds. The van der Waals surface area contributed by atoms with E-state index in [9.17, 15) is 9.59 Å². The van der Waals surface area contributed by atoms with Crippen LogP contribution in [0, 0.1) is 6.92 Å². The highest BCUT2D eigenvalue weighted by atomic mass is 16.5. The van der Waals surface area contributed by atoms with Crippen LogP contribution in [0.2, 0.25) is 0 Å². The first-order valence-corrected chi connectivity index (χ1v) is 6.69. The standard InChI is InChI=1S/C16H17NO5/c1-9-4-5-13(21-3)12(6-9)10(2)17-15(18)14-7-11(8-22-14)16(19)20/h4-8,10H,1-3H3,(H,17,18)(H,19,20). The van der Waals surface area contributed by atoms with Gasteiger partial charge in [0.1, 0.15) is 12.0 Å². The zero-order valence-corrected chi connectivity index (χ0v) is 12.5. The van der Waals surface area contributed by atoms with Gasteiger partial charge < -0.3 is 19.6 Å². The molecule has 0 radical (unpaired) electrons. The van der Waals surface area contributed by atoms with E-state index in [2.05, 4.69) is 5.32 Å². The number of methoxy groups -OCH3 is 1. The molecule has 1 atom stereocenters. The zero-order chi connectivity index (χ0) is 16.3. The topological polar surface area (TPSA) is 88.8 Å². The molecule has 0 aliphatic rings. The molecule has 2 aromatic rings. The van der Waals surface area contributed by atoms with Gasteiger partial charge in [0.2, 0.25) is 0 Å². The number of hydrogen-bond donors (Lipinski definition) is 2. The Hall–Kier alpha value is -2.76. The number of aryl methyl sites for hydroxylation is 1. The monoisotopic (exact) mass is 303 g/mol. The van der Waals surface area contributed by atoms with E-state index in [-0.39, 0.29) is 17.4 Å². The predicted octanol–water partition coefficient (Wildman–Crippen LogP) is 2.79. The van der Waals surface area contributed by atoms with E-state index in [1.807, 2.05) is 32.0 Å². The Bertz CT molecular complexity index is 704. The lowest BCUT2D eigenvalue weighted by atomic mass is 10.0. The molecule has 2 N–H and O–H groups in total.